The summed E-state index contributed by atoms with van der Waals surface area (Å²) >= 11 is 0. The molecule has 0 saturated carbocycles. The lowest BCUT2D eigenvalue weighted by Gasteiger charge is -2.38. The fraction of sp³-hybridized carbons (Fsp3) is 0.192. The monoisotopic (exact) mass is 517 g/mol. The number of methoxy groups -OCH3 is 1. The van der Waals surface area contributed by atoms with Gasteiger partial charge in [-0.1, -0.05) is 12.1 Å². The van der Waals surface area contributed by atoms with Crippen LogP contribution < -0.4 is 10.9 Å². The zero-order valence-corrected chi connectivity index (χ0v) is 20.1. The van der Waals surface area contributed by atoms with Crippen molar-refractivity contribution in [2.24, 2.45) is 0 Å². The van der Waals surface area contributed by atoms with E-state index < -0.39 is 24.9 Å². The number of hydrogen-bond donors (Lipinski definition) is 2. The first-order valence-electron chi connectivity index (χ1n) is 11.7. The van der Waals surface area contributed by atoms with E-state index in [2.05, 4.69) is 25.3 Å². The number of anilines is 2. The number of benzene rings is 2. The number of likely N-dealkylation sites (tertiary alicyclic amines) is 1. The summed E-state index contributed by atoms with van der Waals surface area (Å²) in [7, 11) is 1.49. The van der Waals surface area contributed by atoms with Crippen LogP contribution in [0.25, 0.3) is 33.1 Å². The van der Waals surface area contributed by atoms with E-state index in [-0.39, 0.29) is 18.0 Å². The van der Waals surface area contributed by atoms with Crippen molar-refractivity contribution in [3.8, 4) is 11.4 Å². The molecule has 2 aromatic carbocycles. The molecule has 4 heterocycles. The van der Waals surface area contributed by atoms with Gasteiger partial charge >= 0.3 is 0 Å². The number of H-pyrrole nitrogens is 1. The third-order valence-corrected chi connectivity index (χ3v) is 6.37. The molecule has 192 valence electrons. The fourth-order valence-electron chi connectivity index (χ4n) is 4.55. The van der Waals surface area contributed by atoms with Gasteiger partial charge in [-0.3, -0.25) is 9.59 Å². The second-order valence-corrected chi connectivity index (χ2v) is 9.03. The van der Waals surface area contributed by atoms with Gasteiger partial charge in [0.05, 0.1) is 18.6 Å². The van der Waals surface area contributed by atoms with Gasteiger partial charge in [0.1, 0.15) is 18.8 Å². The third-order valence-electron chi connectivity index (χ3n) is 6.37. The zero-order valence-electron chi connectivity index (χ0n) is 20.1. The number of ether oxygens (including phenoxy) is 1. The molecule has 0 unspecified atom stereocenters. The zero-order chi connectivity index (χ0) is 26.4. The van der Waals surface area contributed by atoms with E-state index in [1.807, 2.05) is 24.3 Å². The lowest BCUT2D eigenvalue weighted by Crippen LogP contribution is -2.58. The summed E-state index contributed by atoms with van der Waals surface area (Å²) in [5.74, 6) is -2.63. The Morgan fingerprint density at radius 2 is 1.95 bits per heavy atom. The number of carbonyl (C=O) groups is 1. The van der Waals surface area contributed by atoms with Crippen molar-refractivity contribution in [3.05, 3.63) is 77.1 Å². The number of aromatic amines is 1. The Hall–Kier alpha value is -4.71. The molecule has 38 heavy (non-hydrogen) atoms. The number of aromatic nitrogens is 5. The van der Waals surface area contributed by atoms with Crippen molar-refractivity contribution in [1.29, 1.82) is 0 Å². The first-order valence-corrected chi connectivity index (χ1v) is 11.7. The topological polar surface area (TPSA) is 118 Å². The number of nitrogens with one attached hydrogen (secondary N) is 2. The van der Waals surface area contributed by atoms with Crippen molar-refractivity contribution >= 4 is 39.2 Å². The van der Waals surface area contributed by atoms with Gasteiger partial charge in [-0.15, -0.1) is 0 Å². The number of amides is 1. The highest BCUT2D eigenvalue weighted by Gasteiger charge is 2.47. The first-order chi connectivity index (χ1) is 18.3. The Labute approximate surface area is 213 Å². The SMILES string of the molecule is COCn1c(C(=O)N2CC(F)(F)C2)cc2ccc(-c3ncnc(Nc4ccc5c(=O)[nH]ccc5c4)n3)cc21. The number of alkyl halides is 2. The Bertz CT molecular complexity index is 1760. The molecule has 1 saturated heterocycles. The summed E-state index contributed by atoms with van der Waals surface area (Å²) in [6.45, 7) is -1.13. The molecule has 1 fully saturated rings. The van der Waals surface area contributed by atoms with E-state index in [4.69, 9.17) is 4.74 Å². The molecule has 5 aromatic rings. The van der Waals surface area contributed by atoms with Gasteiger partial charge in [0, 0.05) is 35.3 Å². The van der Waals surface area contributed by atoms with Crippen LogP contribution >= 0.6 is 0 Å². The molecule has 0 bridgehead atoms. The molecule has 2 N–H and O–H groups in total. The quantitative estimate of drug-likeness (QED) is 0.352. The van der Waals surface area contributed by atoms with Crippen molar-refractivity contribution in [1.82, 2.24) is 29.4 Å². The molecule has 0 spiro atoms. The molecule has 6 rings (SSSR count). The number of rotatable bonds is 6. The van der Waals surface area contributed by atoms with Gasteiger partial charge in [-0.25, -0.2) is 18.7 Å². The Balaban J connectivity index is 1.32. The number of fused-ring (bicyclic) bond motifs is 2. The van der Waals surface area contributed by atoms with Gasteiger partial charge in [0.25, 0.3) is 17.4 Å². The summed E-state index contributed by atoms with van der Waals surface area (Å²) in [6.07, 6.45) is 2.97. The van der Waals surface area contributed by atoms with Gasteiger partial charge in [0.2, 0.25) is 5.95 Å². The van der Waals surface area contributed by atoms with E-state index in [0.717, 1.165) is 15.7 Å². The normalized spacial score (nSPS) is 14.6. The lowest BCUT2D eigenvalue weighted by molar-refractivity contribution is -0.113. The van der Waals surface area contributed by atoms with Crippen LogP contribution in [0.5, 0.6) is 0 Å². The minimum Gasteiger partial charge on any atom is -0.364 e. The molecule has 0 aliphatic carbocycles. The third kappa shape index (κ3) is 4.24. The van der Waals surface area contributed by atoms with Gasteiger partial charge in [-0.05, 0) is 41.8 Å². The van der Waals surface area contributed by atoms with Crippen LogP contribution in [0.15, 0.2) is 65.8 Å². The minimum absolute atomic E-state index is 0.0626. The Kier molecular flexibility index (Phi) is 5.60. The van der Waals surface area contributed by atoms with Gasteiger partial charge < -0.3 is 24.5 Å². The number of hydrogen-bond acceptors (Lipinski definition) is 7. The van der Waals surface area contributed by atoms with Crippen molar-refractivity contribution in [2.75, 3.05) is 25.5 Å². The number of pyridine rings is 1. The number of halogens is 2. The maximum absolute atomic E-state index is 13.3. The predicted molar refractivity (Wildman–Crippen MR) is 136 cm³/mol. The molecule has 1 aliphatic rings. The highest BCUT2D eigenvalue weighted by atomic mass is 19.3. The molecule has 10 nitrogen and oxygen atoms in total. The number of nitrogens with zero attached hydrogens (tertiary/aromatic N) is 5. The lowest BCUT2D eigenvalue weighted by atomic mass is 10.1. The van der Waals surface area contributed by atoms with E-state index in [1.54, 1.807) is 35.0 Å². The van der Waals surface area contributed by atoms with Gasteiger partial charge in [-0.2, -0.15) is 4.98 Å². The van der Waals surface area contributed by atoms with Crippen LogP contribution in [0.1, 0.15) is 10.5 Å². The summed E-state index contributed by atoms with van der Waals surface area (Å²) in [5.41, 5.74) is 2.14. The molecule has 0 atom stereocenters. The molecule has 3 aromatic heterocycles. The summed E-state index contributed by atoms with van der Waals surface area (Å²) < 4.78 is 33.6. The molecule has 12 heteroatoms. The number of carbonyl (C=O) groups excluding carboxylic acids is 1. The largest absolute Gasteiger partial charge is 0.364 e. The van der Waals surface area contributed by atoms with E-state index in [9.17, 15) is 18.4 Å². The molecule has 0 radical (unpaired) electrons. The highest BCUT2D eigenvalue weighted by molar-refractivity contribution is 6.00. The van der Waals surface area contributed by atoms with Crippen LogP contribution in [0, 0.1) is 0 Å². The average Bonchev–Trinajstić information content (AvgIpc) is 3.25. The van der Waals surface area contributed by atoms with Crippen molar-refractivity contribution in [3.63, 3.8) is 0 Å². The summed E-state index contributed by atoms with van der Waals surface area (Å²) in [4.78, 5) is 41.7. The fourth-order valence-corrected chi connectivity index (χ4v) is 4.55. The maximum atomic E-state index is 13.3. The molecule has 1 amide bonds. The highest BCUT2D eigenvalue weighted by Crippen LogP contribution is 2.31. The smallest absolute Gasteiger partial charge is 0.282 e. The van der Waals surface area contributed by atoms with E-state index in [1.165, 1.54) is 13.4 Å². The van der Waals surface area contributed by atoms with Crippen LogP contribution in [0.2, 0.25) is 0 Å². The molecule has 1 aliphatic heterocycles. The van der Waals surface area contributed by atoms with Gasteiger partial charge in [0.15, 0.2) is 5.82 Å². The van der Waals surface area contributed by atoms with Crippen molar-refractivity contribution < 1.29 is 18.3 Å². The Morgan fingerprint density at radius 3 is 2.74 bits per heavy atom. The standard InChI is InChI=1S/C26H21F2N7O3/c1-38-14-35-20-10-17(3-2-16(20)9-21(35)24(37)34-11-26(27,28)12-34)22-30-13-31-25(33-22)32-18-4-5-19-15(8-18)6-7-29-23(19)36/h2-10,13H,11-12,14H2,1H3,(H,29,36)(H,30,31,32,33). The second-order valence-electron chi connectivity index (χ2n) is 9.03. The minimum atomic E-state index is -2.85. The molecular formula is C26H21F2N7O3. The maximum Gasteiger partial charge on any atom is 0.282 e. The van der Waals surface area contributed by atoms with Crippen LogP contribution in [-0.4, -0.2) is 61.4 Å². The molecular weight excluding hydrogens is 496 g/mol. The summed E-state index contributed by atoms with van der Waals surface area (Å²) in [5, 5.41) is 5.22. The first kappa shape index (κ1) is 23.7. The Morgan fingerprint density at radius 1 is 1.11 bits per heavy atom. The van der Waals surface area contributed by atoms with Crippen LogP contribution in [0.4, 0.5) is 20.4 Å². The second kappa shape index (κ2) is 8.99. The van der Waals surface area contributed by atoms with E-state index in [0.29, 0.717) is 33.9 Å². The predicted octanol–water partition coefficient (Wildman–Crippen LogP) is 3.77. The van der Waals surface area contributed by atoms with E-state index >= 15 is 0 Å². The van der Waals surface area contributed by atoms with Crippen LogP contribution in [0.3, 0.4) is 0 Å². The average molecular weight is 517 g/mol. The van der Waals surface area contributed by atoms with Crippen molar-refractivity contribution in [2.45, 2.75) is 12.7 Å². The van der Waals surface area contributed by atoms with Crippen LogP contribution in [-0.2, 0) is 11.5 Å². The summed E-state index contributed by atoms with van der Waals surface area (Å²) in [6, 6.07) is 14.2.